The molecule has 52 heavy (non-hydrogen) atoms. The van der Waals surface area contributed by atoms with Gasteiger partial charge in [0.15, 0.2) is 0 Å². The number of ether oxygens (including phenoxy) is 2. The van der Waals surface area contributed by atoms with Crippen molar-refractivity contribution in [1.29, 1.82) is 0 Å². The van der Waals surface area contributed by atoms with E-state index in [9.17, 15) is 17.6 Å². The van der Waals surface area contributed by atoms with E-state index in [1.165, 1.54) is 25.3 Å². The van der Waals surface area contributed by atoms with E-state index in [1.807, 2.05) is 54.6 Å². The van der Waals surface area contributed by atoms with Crippen LogP contribution in [0, 0.1) is 5.82 Å². The van der Waals surface area contributed by atoms with E-state index in [1.54, 1.807) is 24.3 Å². The molecular formula is C40H35Cl2FN2O5S2. The standard InChI is InChI=1S/C40H35Cl2FN2O5S2/c1-49-40(46)29-12-15-31(16-13-29)50-23-21-33-34-24-30(41)14-19-37(34)45(39(27-8-4-2-5-9-27)28-10-6-3-7-11-28)38(33)20-22-44-52(47,48)26-51-32-17-18-36(43)35(42)25-32/h2-19,24-25,39,44H,20-23,26H2,1H3. The van der Waals surface area contributed by atoms with Gasteiger partial charge in [-0.15, -0.1) is 11.8 Å². The molecule has 0 saturated carbocycles. The quantitative estimate of drug-likeness (QED) is 0.0827. The lowest BCUT2D eigenvalue weighted by atomic mass is 9.97. The van der Waals surface area contributed by atoms with Crippen molar-refractivity contribution in [3.63, 3.8) is 0 Å². The lowest BCUT2D eigenvalue weighted by Gasteiger charge is -2.25. The Morgan fingerprint density at radius 2 is 1.54 bits per heavy atom. The van der Waals surface area contributed by atoms with E-state index in [0.717, 1.165) is 45.0 Å². The number of esters is 1. The molecule has 1 N–H and O–H groups in total. The van der Waals surface area contributed by atoms with Gasteiger partial charge in [0.2, 0.25) is 10.0 Å². The summed E-state index contributed by atoms with van der Waals surface area (Å²) in [4.78, 5) is 12.5. The first-order valence-corrected chi connectivity index (χ1v) is 19.8. The van der Waals surface area contributed by atoms with Crippen LogP contribution in [-0.2, 0) is 27.6 Å². The monoisotopic (exact) mass is 776 g/mol. The van der Waals surface area contributed by atoms with E-state index >= 15 is 0 Å². The Labute approximate surface area is 316 Å². The number of methoxy groups -OCH3 is 1. The number of sulfonamides is 1. The first-order valence-electron chi connectivity index (χ1n) is 16.4. The van der Waals surface area contributed by atoms with Gasteiger partial charge in [0.1, 0.15) is 16.7 Å². The molecule has 12 heteroatoms. The molecular weight excluding hydrogens is 742 g/mol. The fourth-order valence-corrected chi connectivity index (χ4v) is 8.86. The van der Waals surface area contributed by atoms with Crippen molar-refractivity contribution in [3.8, 4) is 5.75 Å². The first-order chi connectivity index (χ1) is 25.1. The van der Waals surface area contributed by atoms with Gasteiger partial charge in [-0.2, -0.15) is 0 Å². The number of halogens is 3. The molecule has 0 aliphatic rings. The summed E-state index contributed by atoms with van der Waals surface area (Å²) < 4.78 is 56.1. The smallest absolute Gasteiger partial charge is 0.337 e. The predicted molar refractivity (Wildman–Crippen MR) is 207 cm³/mol. The van der Waals surface area contributed by atoms with Gasteiger partial charge in [0.25, 0.3) is 0 Å². The van der Waals surface area contributed by atoms with Crippen molar-refractivity contribution in [1.82, 2.24) is 9.29 Å². The summed E-state index contributed by atoms with van der Waals surface area (Å²) in [5, 5.41) is 1.19. The van der Waals surface area contributed by atoms with E-state index in [2.05, 4.69) is 33.6 Å². The van der Waals surface area contributed by atoms with Crippen LogP contribution in [0.5, 0.6) is 5.75 Å². The van der Waals surface area contributed by atoms with Crippen molar-refractivity contribution < 1.29 is 27.1 Å². The van der Waals surface area contributed by atoms with Crippen LogP contribution < -0.4 is 9.46 Å². The Morgan fingerprint density at radius 1 is 0.865 bits per heavy atom. The number of thioether (sulfide) groups is 1. The summed E-state index contributed by atoms with van der Waals surface area (Å²) in [5.74, 6) is -0.401. The minimum absolute atomic E-state index is 0.0654. The Kier molecular flexibility index (Phi) is 12.2. The summed E-state index contributed by atoms with van der Waals surface area (Å²) in [6.45, 7) is 0.427. The molecule has 0 bridgehead atoms. The minimum Gasteiger partial charge on any atom is -0.493 e. The van der Waals surface area contributed by atoms with Crippen LogP contribution in [-0.4, -0.2) is 44.3 Å². The molecule has 0 saturated heterocycles. The Morgan fingerprint density at radius 3 is 2.17 bits per heavy atom. The number of carbonyl (C=O) groups excluding carboxylic acids is 1. The molecule has 0 spiro atoms. The number of nitrogens with one attached hydrogen (secondary N) is 1. The average Bonchev–Trinajstić information content (AvgIpc) is 3.44. The molecule has 6 rings (SSSR count). The van der Waals surface area contributed by atoms with Crippen LogP contribution in [0.4, 0.5) is 4.39 Å². The molecule has 0 unspecified atom stereocenters. The van der Waals surface area contributed by atoms with Gasteiger partial charge in [-0.25, -0.2) is 22.3 Å². The van der Waals surface area contributed by atoms with Gasteiger partial charge < -0.3 is 14.0 Å². The van der Waals surface area contributed by atoms with E-state index in [0.29, 0.717) is 40.7 Å². The fraction of sp³-hybridized carbons (Fsp3) is 0.175. The molecule has 0 aliphatic carbocycles. The van der Waals surface area contributed by atoms with E-state index in [-0.39, 0.29) is 22.7 Å². The molecule has 1 aromatic heterocycles. The number of rotatable bonds is 15. The van der Waals surface area contributed by atoms with Crippen molar-refractivity contribution in [3.05, 3.63) is 165 Å². The predicted octanol–water partition coefficient (Wildman–Crippen LogP) is 9.34. The second-order valence-electron chi connectivity index (χ2n) is 11.9. The number of hydrogen-bond donors (Lipinski definition) is 1. The molecule has 0 aliphatic heterocycles. The zero-order chi connectivity index (χ0) is 36.7. The van der Waals surface area contributed by atoms with Gasteiger partial charge in [-0.1, -0.05) is 83.9 Å². The van der Waals surface area contributed by atoms with Gasteiger partial charge in [-0.3, -0.25) is 0 Å². The highest BCUT2D eigenvalue weighted by atomic mass is 35.5. The maximum atomic E-state index is 13.7. The molecule has 0 atom stereocenters. The van der Waals surface area contributed by atoms with Crippen molar-refractivity contribution in [2.24, 2.45) is 0 Å². The third-order valence-corrected chi connectivity index (χ3v) is 12.0. The lowest BCUT2D eigenvalue weighted by molar-refractivity contribution is 0.0600. The van der Waals surface area contributed by atoms with Crippen molar-refractivity contribution >= 4 is 61.9 Å². The normalized spacial score (nSPS) is 11.6. The van der Waals surface area contributed by atoms with Crippen LogP contribution >= 0.6 is 35.0 Å². The minimum atomic E-state index is -3.74. The molecule has 0 fully saturated rings. The highest BCUT2D eigenvalue weighted by Gasteiger charge is 2.26. The Hall–Kier alpha value is -4.32. The number of aromatic nitrogens is 1. The van der Waals surface area contributed by atoms with Crippen LogP contribution in [0.2, 0.25) is 10.0 Å². The van der Waals surface area contributed by atoms with Gasteiger partial charge in [0, 0.05) is 45.9 Å². The summed E-state index contributed by atoms with van der Waals surface area (Å²) >= 11 is 13.6. The van der Waals surface area contributed by atoms with Gasteiger partial charge >= 0.3 is 5.97 Å². The average molecular weight is 778 g/mol. The Balaban J connectivity index is 1.35. The number of benzene rings is 5. The van der Waals surface area contributed by atoms with Crippen LogP contribution in [0.15, 0.2) is 126 Å². The first kappa shape index (κ1) is 37.4. The summed E-state index contributed by atoms with van der Waals surface area (Å²) in [7, 11) is -2.40. The SMILES string of the molecule is COC(=O)c1ccc(OCCc2c(CCNS(=O)(=O)CSc3ccc(F)c(Cl)c3)n(C(c3ccccc3)c3ccccc3)c3ccc(Cl)cc23)cc1. The van der Waals surface area contributed by atoms with Crippen LogP contribution in [0.3, 0.4) is 0 Å². The highest BCUT2D eigenvalue weighted by Crippen LogP contribution is 2.38. The number of fused-ring (bicyclic) bond motifs is 1. The van der Waals surface area contributed by atoms with Gasteiger partial charge in [-0.05, 0) is 77.4 Å². The lowest BCUT2D eigenvalue weighted by Crippen LogP contribution is -2.28. The number of carbonyl (C=O) groups is 1. The van der Waals surface area contributed by atoms with E-state index in [4.69, 9.17) is 32.7 Å². The summed E-state index contributed by atoms with van der Waals surface area (Å²) in [5.41, 5.74) is 5.40. The summed E-state index contributed by atoms with van der Waals surface area (Å²) in [6.07, 6.45) is 0.847. The molecule has 268 valence electrons. The number of hydrogen-bond acceptors (Lipinski definition) is 6. The zero-order valence-corrected chi connectivity index (χ0v) is 31.2. The number of nitrogens with zero attached hydrogens (tertiary/aromatic N) is 1. The second kappa shape index (κ2) is 17.0. The third kappa shape index (κ3) is 9.00. The highest BCUT2D eigenvalue weighted by molar-refractivity contribution is 8.11. The molecule has 6 aromatic rings. The summed E-state index contributed by atoms with van der Waals surface area (Å²) in [6, 6.07) is 36.8. The maximum absolute atomic E-state index is 13.7. The molecule has 0 amide bonds. The molecule has 0 radical (unpaired) electrons. The fourth-order valence-electron chi connectivity index (χ4n) is 6.17. The van der Waals surface area contributed by atoms with Crippen molar-refractivity contribution in [2.75, 3.05) is 25.3 Å². The molecule has 1 heterocycles. The molecule has 5 aromatic carbocycles. The topological polar surface area (TPSA) is 86.6 Å². The second-order valence-corrected chi connectivity index (χ2v) is 16.0. The van der Waals surface area contributed by atoms with Gasteiger partial charge in [0.05, 0.1) is 30.3 Å². The third-order valence-electron chi connectivity index (χ3n) is 8.52. The maximum Gasteiger partial charge on any atom is 0.337 e. The Bertz CT molecular complexity index is 2230. The largest absolute Gasteiger partial charge is 0.493 e. The van der Waals surface area contributed by atoms with Crippen molar-refractivity contribution in [2.45, 2.75) is 23.8 Å². The molecule has 7 nitrogen and oxygen atoms in total. The van der Waals surface area contributed by atoms with E-state index < -0.39 is 21.8 Å². The van der Waals surface area contributed by atoms with Crippen LogP contribution in [0.1, 0.15) is 38.8 Å². The zero-order valence-electron chi connectivity index (χ0n) is 28.1. The van der Waals surface area contributed by atoms with Crippen LogP contribution in [0.25, 0.3) is 10.9 Å².